The number of Topliss-reactive ketones (excluding diaryl/α,β-unsaturated/α-hetero) is 1. The minimum Gasteiger partial charge on any atom is -0.324 e. The largest absolute Gasteiger partial charge is 0.324 e. The summed E-state index contributed by atoms with van der Waals surface area (Å²) in [6.07, 6.45) is 7.81. The molecule has 1 aromatic heterocycles. The maximum Gasteiger partial charge on any atom is 0.145 e. The average molecular weight is 230 g/mol. The summed E-state index contributed by atoms with van der Waals surface area (Å²) in [4.78, 5) is 16.3. The molecule has 0 fully saturated rings. The van der Waals surface area contributed by atoms with E-state index in [1.165, 1.54) is 5.56 Å². The topological polar surface area (TPSA) is 56.0 Å². The van der Waals surface area contributed by atoms with E-state index in [0.29, 0.717) is 6.42 Å². The van der Waals surface area contributed by atoms with E-state index < -0.39 is 0 Å². The van der Waals surface area contributed by atoms with Gasteiger partial charge >= 0.3 is 0 Å². The number of rotatable bonds is 4. The van der Waals surface area contributed by atoms with Gasteiger partial charge in [-0.3, -0.25) is 9.78 Å². The fourth-order valence-corrected chi connectivity index (χ4v) is 2.04. The first kappa shape index (κ1) is 12.0. The lowest BCUT2D eigenvalue weighted by Crippen LogP contribution is -2.20. The molecule has 0 saturated heterocycles. The first-order valence-electron chi connectivity index (χ1n) is 6.09. The molecule has 3 heteroatoms. The van der Waals surface area contributed by atoms with Gasteiger partial charge in [-0.15, -0.1) is 0 Å². The molecule has 1 aromatic rings. The van der Waals surface area contributed by atoms with Gasteiger partial charge < -0.3 is 5.73 Å². The van der Waals surface area contributed by atoms with Crippen molar-refractivity contribution >= 4 is 5.78 Å². The molecule has 0 amide bonds. The van der Waals surface area contributed by atoms with E-state index in [1.54, 1.807) is 0 Å². The highest BCUT2D eigenvalue weighted by Gasteiger charge is 2.22. The van der Waals surface area contributed by atoms with Crippen molar-refractivity contribution in [1.29, 1.82) is 0 Å². The van der Waals surface area contributed by atoms with Crippen LogP contribution >= 0.6 is 0 Å². The summed E-state index contributed by atoms with van der Waals surface area (Å²) in [5, 5.41) is 0. The Kier molecular flexibility index (Phi) is 3.69. The molecule has 2 rings (SSSR count). The number of nitrogens with two attached hydrogens (primary N) is 1. The van der Waals surface area contributed by atoms with Gasteiger partial charge in [0.15, 0.2) is 0 Å². The number of pyridine rings is 1. The van der Waals surface area contributed by atoms with Crippen molar-refractivity contribution in [3.63, 3.8) is 0 Å². The second-order valence-corrected chi connectivity index (χ2v) is 4.55. The summed E-state index contributed by atoms with van der Waals surface area (Å²) in [6.45, 7) is 2.09. The number of aryl methyl sites for hydroxylation is 1. The molecule has 1 aliphatic carbocycles. The Bertz CT molecular complexity index is 422. The highest BCUT2D eigenvalue weighted by atomic mass is 16.1. The standard InChI is InChI=1S/C14H18N2O/c1-2-10-3-6-13(16-9-10)8-14(17)11-4-5-12(15)7-11/h3-6,9,11-12H,2,7-8,15H2,1H3. The van der Waals surface area contributed by atoms with Gasteiger partial charge in [0.05, 0.1) is 0 Å². The normalized spacial score (nSPS) is 22.9. The molecule has 0 spiro atoms. The molecule has 3 nitrogen and oxygen atoms in total. The molecule has 0 aliphatic heterocycles. The fourth-order valence-electron chi connectivity index (χ4n) is 2.04. The van der Waals surface area contributed by atoms with Gasteiger partial charge in [0.2, 0.25) is 0 Å². The van der Waals surface area contributed by atoms with Crippen LogP contribution in [0.3, 0.4) is 0 Å². The summed E-state index contributed by atoms with van der Waals surface area (Å²) in [5.74, 6) is 0.198. The van der Waals surface area contributed by atoms with Crippen molar-refractivity contribution in [3.8, 4) is 0 Å². The predicted octanol–water partition coefficient (Wildman–Crippen LogP) is 1.66. The van der Waals surface area contributed by atoms with Gasteiger partial charge in [-0.05, 0) is 24.5 Å². The smallest absolute Gasteiger partial charge is 0.145 e. The predicted molar refractivity (Wildman–Crippen MR) is 67.5 cm³/mol. The van der Waals surface area contributed by atoms with Crippen LogP contribution in [0.5, 0.6) is 0 Å². The molecule has 0 aromatic carbocycles. The summed E-state index contributed by atoms with van der Waals surface area (Å²) < 4.78 is 0. The number of ketones is 1. The molecule has 2 atom stereocenters. The van der Waals surface area contributed by atoms with E-state index in [1.807, 2.05) is 30.5 Å². The Balaban J connectivity index is 1.96. The van der Waals surface area contributed by atoms with Crippen molar-refractivity contribution < 1.29 is 4.79 Å². The van der Waals surface area contributed by atoms with Gasteiger partial charge in [0.25, 0.3) is 0 Å². The number of nitrogens with zero attached hydrogens (tertiary/aromatic N) is 1. The summed E-state index contributed by atoms with van der Waals surface area (Å²) >= 11 is 0. The van der Waals surface area contributed by atoms with Crippen molar-refractivity contribution in [2.75, 3.05) is 0 Å². The van der Waals surface area contributed by atoms with Crippen molar-refractivity contribution in [2.24, 2.45) is 11.7 Å². The van der Waals surface area contributed by atoms with E-state index in [2.05, 4.69) is 11.9 Å². The number of aromatic nitrogens is 1. The summed E-state index contributed by atoms with van der Waals surface area (Å²) in [5.41, 5.74) is 7.79. The molecule has 0 saturated carbocycles. The molecule has 2 N–H and O–H groups in total. The second-order valence-electron chi connectivity index (χ2n) is 4.55. The van der Waals surface area contributed by atoms with Crippen LogP contribution < -0.4 is 5.73 Å². The van der Waals surface area contributed by atoms with Crippen molar-refractivity contribution in [1.82, 2.24) is 4.98 Å². The Morgan fingerprint density at radius 2 is 2.29 bits per heavy atom. The maximum absolute atomic E-state index is 12.0. The Morgan fingerprint density at radius 3 is 2.82 bits per heavy atom. The lowest BCUT2D eigenvalue weighted by molar-refractivity contribution is -0.120. The number of hydrogen-bond acceptors (Lipinski definition) is 3. The minimum absolute atomic E-state index is 0.0161. The molecule has 0 bridgehead atoms. The van der Waals surface area contributed by atoms with Crippen molar-refractivity contribution in [2.45, 2.75) is 32.2 Å². The summed E-state index contributed by atoms with van der Waals surface area (Å²) in [6, 6.07) is 4.01. The SMILES string of the molecule is CCc1ccc(CC(=O)C2C=CC(N)C2)nc1. The zero-order valence-corrected chi connectivity index (χ0v) is 10.1. The highest BCUT2D eigenvalue weighted by molar-refractivity contribution is 5.85. The van der Waals surface area contributed by atoms with Crippen LogP contribution in [0.25, 0.3) is 0 Å². The third kappa shape index (κ3) is 3.01. The lowest BCUT2D eigenvalue weighted by atomic mass is 9.98. The Labute approximate surface area is 102 Å². The first-order valence-corrected chi connectivity index (χ1v) is 6.09. The quantitative estimate of drug-likeness (QED) is 0.800. The van der Waals surface area contributed by atoms with Gasteiger partial charge in [-0.25, -0.2) is 0 Å². The van der Waals surface area contributed by atoms with Crippen LogP contribution in [0.15, 0.2) is 30.5 Å². The Morgan fingerprint density at radius 1 is 1.47 bits per heavy atom. The zero-order valence-electron chi connectivity index (χ0n) is 10.1. The molecular formula is C14H18N2O. The summed E-state index contributed by atoms with van der Waals surface area (Å²) in [7, 11) is 0. The minimum atomic E-state index is -0.0161. The van der Waals surface area contributed by atoms with Crippen LogP contribution in [0.1, 0.15) is 24.6 Å². The maximum atomic E-state index is 12.0. The highest BCUT2D eigenvalue weighted by Crippen LogP contribution is 2.18. The van der Waals surface area contributed by atoms with E-state index in [0.717, 1.165) is 18.5 Å². The molecule has 90 valence electrons. The van der Waals surface area contributed by atoms with Crippen LogP contribution in [-0.4, -0.2) is 16.8 Å². The third-order valence-electron chi connectivity index (χ3n) is 3.18. The van der Waals surface area contributed by atoms with E-state index in [9.17, 15) is 4.79 Å². The lowest BCUT2D eigenvalue weighted by Gasteiger charge is -2.08. The van der Waals surface area contributed by atoms with Crippen LogP contribution in [0, 0.1) is 5.92 Å². The Hall–Kier alpha value is -1.48. The third-order valence-corrected chi connectivity index (χ3v) is 3.18. The van der Waals surface area contributed by atoms with Crippen LogP contribution in [0.4, 0.5) is 0 Å². The molecular weight excluding hydrogens is 212 g/mol. The van der Waals surface area contributed by atoms with Gasteiger partial charge in [0.1, 0.15) is 5.78 Å². The van der Waals surface area contributed by atoms with Gasteiger partial charge in [-0.2, -0.15) is 0 Å². The fraction of sp³-hybridized carbons (Fsp3) is 0.429. The van der Waals surface area contributed by atoms with Gasteiger partial charge in [-0.1, -0.05) is 25.1 Å². The second kappa shape index (κ2) is 5.23. The van der Waals surface area contributed by atoms with Crippen LogP contribution in [0.2, 0.25) is 0 Å². The average Bonchev–Trinajstić information content (AvgIpc) is 2.77. The number of carbonyl (C=O) groups excluding carboxylic acids is 1. The first-order chi connectivity index (χ1) is 8.19. The van der Waals surface area contributed by atoms with E-state index in [4.69, 9.17) is 5.73 Å². The van der Waals surface area contributed by atoms with Gasteiger partial charge in [0, 0.05) is 30.3 Å². The zero-order chi connectivity index (χ0) is 12.3. The molecule has 17 heavy (non-hydrogen) atoms. The van der Waals surface area contributed by atoms with Crippen molar-refractivity contribution in [3.05, 3.63) is 41.7 Å². The van der Waals surface area contributed by atoms with Crippen LogP contribution in [-0.2, 0) is 17.6 Å². The van der Waals surface area contributed by atoms with E-state index >= 15 is 0 Å². The molecule has 1 heterocycles. The molecule has 0 radical (unpaired) electrons. The molecule has 1 aliphatic rings. The number of carbonyl (C=O) groups is 1. The number of hydrogen-bond donors (Lipinski definition) is 1. The monoisotopic (exact) mass is 230 g/mol. The molecule has 2 unspecified atom stereocenters. The van der Waals surface area contributed by atoms with E-state index in [-0.39, 0.29) is 17.7 Å². The number of allylic oxidation sites excluding steroid dienone is 1.